The summed E-state index contributed by atoms with van der Waals surface area (Å²) >= 11 is 0. The SMILES string of the molecule is CC1(C)c2ccccc2-c2cc(-c3nc(-c4ccc5c(c4)C(C)(C)c4ccccc4-5)nc(N(c4ccccc4)c4cccc5c4-c4ccccc4C5(C)C)n3)ccc21. The summed E-state index contributed by atoms with van der Waals surface area (Å²) in [5.74, 6) is 1.86. The van der Waals surface area contributed by atoms with Crippen LogP contribution in [0.2, 0.25) is 0 Å². The Morgan fingerprint density at radius 1 is 0.362 bits per heavy atom. The van der Waals surface area contributed by atoms with Crippen molar-refractivity contribution in [3.8, 4) is 56.2 Å². The average Bonchev–Trinajstić information content (AvgIpc) is 3.74. The molecule has 0 N–H and O–H groups in total. The molecule has 0 amide bonds. The molecule has 0 saturated heterocycles. The predicted octanol–water partition coefficient (Wildman–Crippen LogP) is 13.6. The van der Waals surface area contributed by atoms with Crippen LogP contribution in [0, 0.1) is 0 Å². The molecule has 0 radical (unpaired) electrons. The molecule has 280 valence electrons. The number of para-hydroxylation sites is 1. The van der Waals surface area contributed by atoms with Crippen molar-refractivity contribution >= 4 is 17.3 Å². The highest BCUT2D eigenvalue weighted by atomic mass is 15.3. The van der Waals surface area contributed by atoms with Crippen molar-refractivity contribution in [3.05, 3.63) is 191 Å². The van der Waals surface area contributed by atoms with Crippen molar-refractivity contribution in [2.24, 2.45) is 0 Å². The highest BCUT2D eigenvalue weighted by molar-refractivity contribution is 5.94. The summed E-state index contributed by atoms with van der Waals surface area (Å²) in [6, 6.07) is 57.1. The lowest BCUT2D eigenvalue weighted by molar-refractivity contribution is 0.660. The van der Waals surface area contributed by atoms with E-state index in [0.717, 1.165) is 22.5 Å². The lowest BCUT2D eigenvalue weighted by Crippen LogP contribution is -2.18. The van der Waals surface area contributed by atoms with Crippen LogP contribution in [0.1, 0.15) is 74.9 Å². The third-order valence-corrected chi connectivity index (χ3v) is 13.3. The van der Waals surface area contributed by atoms with Crippen LogP contribution in [-0.2, 0) is 16.2 Å². The minimum Gasteiger partial charge on any atom is -0.278 e. The molecule has 0 unspecified atom stereocenters. The molecule has 0 fully saturated rings. The third kappa shape index (κ3) is 4.84. The number of nitrogens with zero attached hydrogens (tertiary/aromatic N) is 4. The maximum Gasteiger partial charge on any atom is 0.238 e. The number of benzene rings is 7. The average molecular weight is 749 g/mol. The molecular weight excluding hydrogens is 705 g/mol. The zero-order valence-electron chi connectivity index (χ0n) is 33.8. The van der Waals surface area contributed by atoms with Crippen LogP contribution in [0.3, 0.4) is 0 Å². The Bertz CT molecular complexity index is 2990. The van der Waals surface area contributed by atoms with Gasteiger partial charge in [-0.05, 0) is 91.5 Å². The van der Waals surface area contributed by atoms with Crippen LogP contribution in [0.15, 0.2) is 158 Å². The fourth-order valence-electron chi connectivity index (χ4n) is 10.3. The molecule has 8 aromatic rings. The molecule has 3 aliphatic carbocycles. The summed E-state index contributed by atoms with van der Waals surface area (Å²) in [5.41, 5.74) is 19.0. The van der Waals surface area contributed by atoms with E-state index >= 15 is 0 Å². The summed E-state index contributed by atoms with van der Waals surface area (Å²) in [7, 11) is 0. The molecule has 58 heavy (non-hydrogen) atoms. The van der Waals surface area contributed by atoms with E-state index in [9.17, 15) is 0 Å². The fourth-order valence-corrected chi connectivity index (χ4v) is 10.3. The van der Waals surface area contributed by atoms with E-state index in [1.807, 2.05) is 0 Å². The summed E-state index contributed by atoms with van der Waals surface area (Å²) in [4.78, 5) is 18.5. The molecule has 11 rings (SSSR count). The van der Waals surface area contributed by atoms with E-state index in [2.05, 4.69) is 204 Å². The Labute approximate surface area is 341 Å². The first-order valence-electron chi connectivity index (χ1n) is 20.4. The number of fused-ring (bicyclic) bond motifs is 9. The second-order valence-corrected chi connectivity index (χ2v) is 17.7. The minimum absolute atomic E-state index is 0.101. The molecule has 0 aliphatic heterocycles. The van der Waals surface area contributed by atoms with Gasteiger partial charge in [0.2, 0.25) is 5.95 Å². The van der Waals surface area contributed by atoms with Crippen LogP contribution < -0.4 is 4.90 Å². The number of anilines is 3. The number of rotatable bonds is 5. The second kappa shape index (κ2) is 12.2. The first-order valence-corrected chi connectivity index (χ1v) is 20.4. The molecule has 4 nitrogen and oxygen atoms in total. The van der Waals surface area contributed by atoms with Crippen molar-refractivity contribution in [2.75, 3.05) is 4.90 Å². The molecule has 0 atom stereocenters. The van der Waals surface area contributed by atoms with Gasteiger partial charge in [-0.15, -0.1) is 0 Å². The van der Waals surface area contributed by atoms with Gasteiger partial charge in [0.1, 0.15) is 0 Å². The zero-order chi connectivity index (χ0) is 39.6. The van der Waals surface area contributed by atoms with Gasteiger partial charge < -0.3 is 0 Å². The Balaban J connectivity index is 1.17. The highest BCUT2D eigenvalue weighted by Crippen LogP contribution is 2.55. The molecule has 4 heteroatoms. The third-order valence-electron chi connectivity index (χ3n) is 13.3. The van der Waals surface area contributed by atoms with Crippen LogP contribution in [-0.4, -0.2) is 15.0 Å². The minimum atomic E-state index is -0.165. The van der Waals surface area contributed by atoms with Crippen LogP contribution in [0.4, 0.5) is 17.3 Å². The topological polar surface area (TPSA) is 41.9 Å². The normalized spacial score (nSPS) is 15.5. The monoisotopic (exact) mass is 748 g/mol. The first kappa shape index (κ1) is 34.6. The molecule has 1 heterocycles. The van der Waals surface area contributed by atoms with Gasteiger partial charge in [-0.25, -0.2) is 4.98 Å². The van der Waals surface area contributed by atoms with Crippen LogP contribution in [0.25, 0.3) is 56.2 Å². The Hall–Kier alpha value is -6.65. The van der Waals surface area contributed by atoms with Gasteiger partial charge in [0.15, 0.2) is 11.6 Å². The molecule has 0 saturated carbocycles. The quantitative estimate of drug-likeness (QED) is 0.176. The summed E-state index contributed by atoms with van der Waals surface area (Å²) in [6.07, 6.45) is 0. The van der Waals surface area contributed by atoms with E-state index in [1.54, 1.807) is 0 Å². The fraction of sp³-hybridized carbons (Fsp3) is 0.167. The van der Waals surface area contributed by atoms with Crippen molar-refractivity contribution in [1.82, 2.24) is 15.0 Å². The van der Waals surface area contributed by atoms with Crippen LogP contribution in [0.5, 0.6) is 0 Å². The summed E-state index contributed by atoms with van der Waals surface area (Å²) < 4.78 is 0. The molecule has 7 aromatic carbocycles. The Morgan fingerprint density at radius 3 is 1.53 bits per heavy atom. The van der Waals surface area contributed by atoms with Gasteiger partial charge in [-0.1, -0.05) is 169 Å². The lowest BCUT2D eigenvalue weighted by Gasteiger charge is -2.27. The smallest absolute Gasteiger partial charge is 0.238 e. The van der Waals surface area contributed by atoms with E-state index in [1.165, 1.54) is 66.8 Å². The van der Waals surface area contributed by atoms with Crippen molar-refractivity contribution in [1.29, 1.82) is 0 Å². The maximum atomic E-state index is 5.46. The number of aromatic nitrogens is 3. The maximum absolute atomic E-state index is 5.46. The number of hydrogen-bond donors (Lipinski definition) is 0. The van der Waals surface area contributed by atoms with E-state index < -0.39 is 0 Å². The summed E-state index contributed by atoms with van der Waals surface area (Å²) in [5, 5.41) is 0. The first-order chi connectivity index (χ1) is 28.0. The van der Waals surface area contributed by atoms with Gasteiger partial charge in [0, 0.05) is 38.6 Å². The van der Waals surface area contributed by atoms with Crippen molar-refractivity contribution in [2.45, 2.75) is 57.8 Å². The van der Waals surface area contributed by atoms with Gasteiger partial charge in [0.05, 0.1) is 5.69 Å². The van der Waals surface area contributed by atoms with Gasteiger partial charge in [0.25, 0.3) is 0 Å². The summed E-state index contributed by atoms with van der Waals surface area (Å²) in [6.45, 7) is 13.9. The lowest BCUT2D eigenvalue weighted by atomic mass is 9.82. The second-order valence-electron chi connectivity index (χ2n) is 17.7. The Morgan fingerprint density at radius 2 is 0.845 bits per heavy atom. The number of hydrogen-bond acceptors (Lipinski definition) is 4. The van der Waals surface area contributed by atoms with E-state index in [0.29, 0.717) is 17.6 Å². The molecule has 0 bridgehead atoms. The molecule has 1 aromatic heterocycles. The van der Waals surface area contributed by atoms with Crippen molar-refractivity contribution in [3.63, 3.8) is 0 Å². The largest absolute Gasteiger partial charge is 0.278 e. The van der Waals surface area contributed by atoms with Gasteiger partial charge in [-0.3, -0.25) is 4.90 Å². The zero-order valence-corrected chi connectivity index (χ0v) is 33.8. The predicted molar refractivity (Wildman–Crippen MR) is 238 cm³/mol. The van der Waals surface area contributed by atoms with Crippen LogP contribution >= 0.6 is 0 Å². The molecule has 0 spiro atoms. The Kier molecular flexibility index (Phi) is 7.26. The standard InChI is InChI=1S/C54H44N4/c1-52(2)42-23-14-11-20-37(42)40-31-33(28-30-44(40)52)49-55-50(34-27-29-38-36-19-10-13-22-41(36)54(5,6)46(38)32-34)57-51(56-49)58(35-17-8-7-9-18-35)47-26-16-25-45-48(47)39-21-12-15-24-43(39)53(45,3)4/h7-32H,1-6H3. The van der Waals surface area contributed by atoms with Crippen molar-refractivity contribution < 1.29 is 0 Å². The van der Waals surface area contributed by atoms with Gasteiger partial charge >= 0.3 is 0 Å². The van der Waals surface area contributed by atoms with Gasteiger partial charge in [-0.2, -0.15) is 9.97 Å². The highest BCUT2D eigenvalue weighted by Gasteiger charge is 2.39. The molecular formula is C54H44N4. The molecule has 3 aliphatic rings. The van der Waals surface area contributed by atoms with E-state index in [4.69, 9.17) is 15.0 Å². The van der Waals surface area contributed by atoms with E-state index in [-0.39, 0.29) is 16.2 Å².